The number of fused-ring (bicyclic) bond motifs is 1. The fraction of sp³-hybridized carbons (Fsp3) is 0.280. The number of carbonyl (C=O) groups is 1. The largest absolute Gasteiger partial charge is 0.507 e. The lowest BCUT2D eigenvalue weighted by Gasteiger charge is -2.20. The first-order valence-electron chi connectivity index (χ1n) is 10.9. The topological polar surface area (TPSA) is 130 Å². The van der Waals surface area contributed by atoms with E-state index in [0.29, 0.717) is 24.2 Å². The van der Waals surface area contributed by atoms with E-state index in [2.05, 4.69) is 15.0 Å². The van der Waals surface area contributed by atoms with Gasteiger partial charge in [0.2, 0.25) is 0 Å². The van der Waals surface area contributed by atoms with Gasteiger partial charge in [-0.25, -0.2) is 4.98 Å². The Labute approximate surface area is 195 Å². The third kappa shape index (κ3) is 4.50. The number of imidazole rings is 1. The minimum atomic E-state index is -0.992. The third-order valence-corrected chi connectivity index (χ3v) is 6.04. The number of aromatic amines is 2. The summed E-state index contributed by atoms with van der Waals surface area (Å²) < 4.78 is 6.37. The second-order valence-electron chi connectivity index (χ2n) is 8.35. The normalized spacial score (nSPS) is 12.1. The van der Waals surface area contributed by atoms with E-state index in [4.69, 9.17) is 4.74 Å². The van der Waals surface area contributed by atoms with Gasteiger partial charge < -0.3 is 24.4 Å². The Morgan fingerprint density at radius 2 is 2.00 bits per heavy atom. The van der Waals surface area contributed by atoms with E-state index in [1.54, 1.807) is 25.5 Å². The highest BCUT2D eigenvalue weighted by molar-refractivity contribution is 5.80. The fourth-order valence-corrected chi connectivity index (χ4v) is 4.24. The molecule has 4 aromatic rings. The van der Waals surface area contributed by atoms with Gasteiger partial charge in [-0.05, 0) is 43.0 Å². The molecule has 0 bridgehead atoms. The van der Waals surface area contributed by atoms with Gasteiger partial charge in [-0.1, -0.05) is 12.1 Å². The summed E-state index contributed by atoms with van der Waals surface area (Å²) >= 11 is 0. The number of hydrogen-bond donors (Lipinski definition) is 3. The molecule has 0 unspecified atom stereocenters. The Balaban J connectivity index is 1.87. The van der Waals surface area contributed by atoms with E-state index < -0.39 is 23.0 Å². The van der Waals surface area contributed by atoms with Gasteiger partial charge in [0.15, 0.2) is 0 Å². The molecule has 176 valence electrons. The van der Waals surface area contributed by atoms with E-state index in [9.17, 15) is 19.5 Å². The van der Waals surface area contributed by atoms with E-state index >= 15 is 0 Å². The van der Waals surface area contributed by atoms with Crippen LogP contribution in [0.2, 0.25) is 0 Å². The molecule has 0 aliphatic carbocycles. The summed E-state index contributed by atoms with van der Waals surface area (Å²) in [6.07, 6.45) is 3.48. The van der Waals surface area contributed by atoms with Crippen LogP contribution in [-0.4, -0.2) is 37.7 Å². The molecule has 9 nitrogen and oxygen atoms in total. The Morgan fingerprint density at radius 1 is 1.21 bits per heavy atom. The summed E-state index contributed by atoms with van der Waals surface area (Å²) in [5.41, 5.74) is 2.34. The summed E-state index contributed by atoms with van der Waals surface area (Å²) in [6, 6.07) is 8.76. The van der Waals surface area contributed by atoms with Crippen molar-refractivity contribution in [2.75, 3.05) is 7.11 Å². The lowest BCUT2D eigenvalue weighted by molar-refractivity contribution is -0.140. The second-order valence-corrected chi connectivity index (χ2v) is 8.35. The number of methoxy groups -OCH3 is 1. The molecule has 3 aromatic heterocycles. The number of hydrogen-bond acceptors (Lipinski definition) is 6. The first kappa shape index (κ1) is 23.0. The van der Waals surface area contributed by atoms with Gasteiger partial charge in [-0.15, -0.1) is 0 Å². The Bertz CT molecular complexity index is 1470. The minimum absolute atomic E-state index is 0.0161. The maximum Gasteiger partial charge on any atom is 0.306 e. The van der Waals surface area contributed by atoms with Crippen molar-refractivity contribution in [2.45, 2.75) is 39.2 Å². The van der Waals surface area contributed by atoms with Gasteiger partial charge in [-0.2, -0.15) is 0 Å². The Hall–Kier alpha value is -4.14. The SMILES string of the molecule is COC(=O)C[C@@H](c1cc2ccc(C)cc2[nH]c1=O)c1c(O)cc(C)n(CCc2cnc[nH]2)c1=O. The summed E-state index contributed by atoms with van der Waals surface area (Å²) in [7, 11) is 1.24. The molecule has 0 aliphatic rings. The van der Waals surface area contributed by atoms with Gasteiger partial charge in [0.1, 0.15) is 5.75 Å². The molecule has 0 saturated heterocycles. The van der Waals surface area contributed by atoms with Crippen LogP contribution in [0.3, 0.4) is 0 Å². The highest BCUT2D eigenvalue weighted by atomic mass is 16.5. The molecule has 9 heteroatoms. The van der Waals surface area contributed by atoms with Crippen LogP contribution in [0, 0.1) is 13.8 Å². The van der Waals surface area contributed by atoms with Crippen LogP contribution in [0.25, 0.3) is 10.9 Å². The van der Waals surface area contributed by atoms with Gasteiger partial charge in [0.25, 0.3) is 11.1 Å². The molecule has 0 spiro atoms. The monoisotopic (exact) mass is 462 g/mol. The van der Waals surface area contributed by atoms with Crippen molar-refractivity contribution in [3.05, 3.63) is 91.6 Å². The summed E-state index contributed by atoms with van der Waals surface area (Å²) in [5.74, 6) is -1.86. The molecule has 0 aliphatic heterocycles. The number of aryl methyl sites for hydroxylation is 3. The van der Waals surface area contributed by atoms with Gasteiger partial charge in [0.05, 0.1) is 25.4 Å². The average Bonchev–Trinajstić information content (AvgIpc) is 3.31. The van der Waals surface area contributed by atoms with Crippen LogP contribution >= 0.6 is 0 Å². The zero-order valence-electron chi connectivity index (χ0n) is 19.2. The maximum absolute atomic E-state index is 13.6. The number of aromatic hydroxyl groups is 1. The Kier molecular flexibility index (Phi) is 6.36. The first-order chi connectivity index (χ1) is 16.3. The van der Waals surface area contributed by atoms with Crippen LogP contribution in [0.4, 0.5) is 0 Å². The number of aromatic nitrogens is 4. The predicted octanol–water partition coefficient (Wildman–Crippen LogP) is 2.67. The highest BCUT2D eigenvalue weighted by Crippen LogP contribution is 2.32. The molecular weight excluding hydrogens is 436 g/mol. The molecule has 0 radical (unpaired) electrons. The van der Waals surface area contributed by atoms with Gasteiger partial charge in [0, 0.05) is 47.5 Å². The zero-order valence-corrected chi connectivity index (χ0v) is 19.2. The number of nitrogens with zero attached hydrogens (tertiary/aromatic N) is 2. The van der Waals surface area contributed by atoms with Crippen molar-refractivity contribution >= 4 is 16.9 Å². The number of benzene rings is 1. The van der Waals surface area contributed by atoms with Crippen molar-refractivity contribution < 1.29 is 14.6 Å². The van der Waals surface area contributed by atoms with E-state index in [-0.39, 0.29) is 23.3 Å². The van der Waals surface area contributed by atoms with Crippen molar-refractivity contribution in [1.82, 2.24) is 19.5 Å². The predicted molar refractivity (Wildman–Crippen MR) is 127 cm³/mol. The molecule has 3 N–H and O–H groups in total. The summed E-state index contributed by atoms with van der Waals surface area (Å²) in [5, 5.41) is 11.6. The third-order valence-electron chi connectivity index (χ3n) is 6.04. The van der Waals surface area contributed by atoms with Crippen molar-refractivity contribution in [3.8, 4) is 5.75 Å². The molecular formula is C25H26N4O5. The van der Waals surface area contributed by atoms with Gasteiger partial charge in [-0.3, -0.25) is 14.4 Å². The van der Waals surface area contributed by atoms with E-state index in [1.165, 1.54) is 17.7 Å². The molecule has 34 heavy (non-hydrogen) atoms. The van der Waals surface area contributed by atoms with Crippen LogP contribution in [0.15, 0.2) is 52.4 Å². The van der Waals surface area contributed by atoms with Crippen molar-refractivity contribution in [2.24, 2.45) is 0 Å². The molecule has 3 heterocycles. The molecule has 4 rings (SSSR count). The zero-order chi connectivity index (χ0) is 24.4. The minimum Gasteiger partial charge on any atom is -0.507 e. The number of ether oxygens (including phenoxy) is 1. The lowest BCUT2D eigenvalue weighted by atomic mass is 9.88. The number of H-pyrrole nitrogens is 2. The first-order valence-corrected chi connectivity index (χ1v) is 10.9. The van der Waals surface area contributed by atoms with Crippen LogP contribution < -0.4 is 11.1 Å². The second kappa shape index (κ2) is 9.38. The van der Waals surface area contributed by atoms with Crippen LogP contribution in [0.1, 0.15) is 40.4 Å². The molecule has 0 saturated carbocycles. The van der Waals surface area contributed by atoms with Crippen molar-refractivity contribution in [1.29, 1.82) is 0 Å². The van der Waals surface area contributed by atoms with Gasteiger partial charge >= 0.3 is 5.97 Å². The summed E-state index contributed by atoms with van der Waals surface area (Å²) in [4.78, 5) is 48.8. The van der Waals surface area contributed by atoms with E-state index in [1.807, 2.05) is 25.1 Å². The number of nitrogens with one attached hydrogen (secondary N) is 2. The molecule has 1 aromatic carbocycles. The fourth-order valence-electron chi connectivity index (χ4n) is 4.24. The number of esters is 1. The average molecular weight is 463 g/mol. The molecule has 0 amide bonds. The van der Waals surface area contributed by atoms with Crippen LogP contribution in [-0.2, 0) is 22.5 Å². The highest BCUT2D eigenvalue weighted by Gasteiger charge is 2.29. The van der Waals surface area contributed by atoms with Crippen molar-refractivity contribution in [3.63, 3.8) is 0 Å². The maximum atomic E-state index is 13.6. The number of rotatable bonds is 7. The molecule has 1 atom stereocenters. The van der Waals surface area contributed by atoms with E-state index in [0.717, 1.165) is 16.6 Å². The quantitative estimate of drug-likeness (QED) is 0.362. The standard InChI is InChI=1S/C25H26N4O5/c1-14-4-5-16-10-19(24(32)28-20(16)8-14)18(11-22(31)34-3)23-21(30)9-15(2)29(25(23)33)7-6-17-12-26-13-27-17/h4-5,8-10,12-13,18,30H,6-7,11H2,1-3H3,(H,26,27)(H,28,32)/t18-/m0/s1. The summed E-state index contributed by atoms with van der Waals surface area (Å²) in [6.45, 7) is 3.97. The Morgan fingerprint density at radius 3 is 2.71 bits per heavy atom. The smallest absolute Gasteiger partial charge is 0.306 e. The lowest BCUT2D eigenvalue weighted by Crippen LogP contribution is -2.31. The number of carbonyl (C=O) groups excluding carboxylic acids is 1. The molecule has 0 fully saturated rings. The number of pyridine rings is 2. The van der Waals surface area contributed by atoms with Crippen LogP contribution in [0.5, 0.6) is 5.75 Å².